The van der Waals surface area contributed by atoms with E-state index in [-0.39, 0.29) is 16.0 Å². The number of anilines is 1. The smallest absolute Gasteiger partial charge is 0.288 e. The molecule has 0 aliphatic rings. The van der Waals surface area contributed by atoms with Crippen LogP contribution in [0.4, 0.5) is 10.1 Å². The molecule has 1 unspecified atom stereocenters. The summed E-state index contributed by atoms with van der Waals surface area (Å²) in [5.41, 5.74) is 7.81. The SMILES string of the molecule is Nc1ccc2nc(S(=O)Cc3ccc(F)cc3Cl)oc2c1. The minimum Gasteiger partial charge on any atom is -0.430 e. The fourth-order valence-electron chi connectivity index (χ4n) is 1.86. The van der Waals surface area contributed by atoms with E-state index in [9.17, 15) is 8.60 Å². The van der Waals surface area contributed by atoms with Crippen molar-refractivity contribution in [2.45, 2.75) is 11.0 Å². The molecule has 4 nitrogen and oxygen atoms in total. The Morgan fingerprint density at radius 1 is 1.29 bits per heavy atom. The molecule has 0 bridgehead atoms. The van der Waals surface area contributed by atoms with Crippen LogP contribution in [0.15, 0.2) is 46.0 Å². The number of nitrogen functional groups attached to an aromatic ring is 1. The van der Waals surface area contributed by atoms with Gasteiger partial charge >= 0.3 is 0 Å². The summed E-state index contributed by atoms with van der Waals surface area (Å²) in [6.45, 7) is 0. The van der Waals surface area contributed by atoms with E-state index in [1.54, 1.807) is 18.2 Å². The van der Waals surface area contributed by atoms with Gasteiger partial charge in [0.1, 0.15) is 22.1 Å². The minimum absolute atomic E-state index is 0.0935. The molecule has 0 amide bonds. The van der Waals surface area contributed by atoms with Crippen LogP contribution in [0, 0.1) is 5.82 Å². The second-order valence-electron chi connectivity index (χ2n) is 4.43. The third kappa shape index (κ3) is 2.91. The van der Waals surface area contributed by atoms with Crippen LogP contribution in [0.25, 0.3) is 11.1 Å². The third-order valence-electron chi connectivity index (χ3n) is 2.89. The van der Waals surface area contributed by atoms with Crippen LogP contribution in [-0.4, -0.2) is 9.19 Å². The molecular formula is C14H10ClFN2O2S. The first-order chi connectivity index (χ1) is 10.0. The van der Waals surface area contributed by atoms with Gasteiger partial charge in [0.15, 0.2) is 5.58 Å². The molecule has 0 aliphatic carbocycles. The standard InChI is InChI=1S/C14H10ClFN2O2S/c15-11-5-9(16)2-1-8(11)7-21(19)14-18-12-4-3-10(17)6-13(12)20-14/h1-6H,7,17H2. The Morgan fingerprint density at radius 2 is 2.10 bits per heavy atom. The summed E-state index contributed by atoms with van der Waals surface area (Å²) in [6.07, 6.45) is 0. The van der Waals surface area contributed by atoms with E-state index >= 15 is 0 Å². The van der Waals surface area contributed by atoms with E-state index < -0.39 is 16.6 Å². The van der Waals surface area contributed by atoms with E-state index in [2.05, 4.69) is 4.98 Å². The zero-order chi connectivity index (χ0) is 15.0. The van der Waals surface area contributed by atoms with Crippen molar-refractivity contribution in [3.05, 3.63) is 52.8 Å². The molecular weight excluding hydrogens is 315 g/mol. The summed E-state index contributed by atoms with van der Waals surface area (Å²) in [5, 5.41) is 0.319. The highest BCUT2D eigenvalue weighted by molar-refractivity contribution is 7.84. The summed E-state index contributed by atoms with van der Waals surface area (Å²) in [6, 6.07) is 8.95. The van der Waals surface area contributed by atoms with Crippen LogP contribution in [0.3, 0.4) is 0 Å². The van der Waals surface area contributed by atoms with Crippen molar-refractivity contribution in [2.75, 3.05) is 5.73 Å². The molecule has 1 heterocycles. The summed E-state index contributed by atoms with van der Waals surface area (Å²) >= 11 is 5.92. The van der Waals surface area contributed by atoms with Gasteiger partial charge in [-0.05, 0) is 29.8 Å². The molecule has 21 heavy (non-hydrogen) atoms. The van der Waals surface area contributed by atoms with Crippen molar-refractivity contribution in [1.29, 1.82) is 0 Å². The number of nitrogens with zero attached hydrogens (tertiary/aromatic N) is 1. The predicted molar refractivity (Wildman–Crippen MR) is 79.9 cm³/mol. The van der Waals surface area contributed by atoms with Gasteiger partial charge in [-0.3, -0.25) is 0 Å². The molecule has 0 fully saturated rings. The highest BCUT2D eigenvalue weighted by Gasteiger charge is 2.15. The van der Waals surface area contributed by atoms with Gasteiger partial charge in [-0.1, -0.05) is 17.7 Å². The lowest BCUT2D eigenvalue weighted by molar-refractivity contribution is 0.477. The molecule has 3 aromatic rings. The molecule has 0 aliphatic heterocycles. The molecule has 0 spiro atoms. The summed E-state index contributed by atoms with van der Waals surface area (Å²) in [7, 11) is -1.52. The maximum absolute atomic E-state index is 13.0. The Hall–Kier alpha value is -1.92. The average molecular weight is 325 g/mol. The highest BCUT2D eigenvalue weighted by atomic mass is 35.5. The third-order valence-corrected chi connectivity index (χ3v) is 4.38. The van der Waals surface area contributed by atoms with E-state index in [4.69, 9.17) is 21.8 Å². The Morgan fingerprint density at radius 3 is 2.86 bits per heavy atom. The van der Waals surface area contributed by atoms with Crippen molar-refractivity contribution in [2.24, 2.45) is 0 Å². The number of oxazole rings is 1. The van der Waals surface area contributed by atoms with Crippen LogP contribution in [0.1, 0.15) is 5.56 Å². The van der Waals surface area contributed by atoms with Gasteiger partial charge in [0, 0.05) is 16.8 Å². The number of aromatic nitrogens is 1. The van der Waals surface area contributed by atoms with Crippen LogP contribution >= 0.6 is 11.6 Å². The van der Waals surface area contributed by atoms with Crippen LogP contribution < -0.4 is 5.73 Å². The second kappa shape index (κ2) is 5.46. The normalized spacial score (nSPS) is 12.7. The van der Waals surface area contributed by atoms with Crippen molar-refractivity contribution in [1.82, 2.24) is 4.98 Å². The van der Waals surface area contributed by atoms with E-state index in [0.29, 0.717) is 22.4 Å². The molecule has 108 valence electrons. The minimum atomic E-state index is -1.52. The van der Waals surface area contributed by atoms with E-state index in [1.807, 2.05) is 0 Å². The van der Waals surface area contributed by atoms with Crippen LogP contribution in [0.5, 0.6) is 0 Å². The van der Waals surface area contributed by atoms with Gasteiger partial charge in [-0.25, -0.2) is 13.6 Å². The molecule has 1 aromatic heterocycles. The summed E-state index contributed by atoms with van der Waals surface area (Å²) < 4.78 is 30.7. The Kier molecular flexibility index (Phi) is 3.65. The fourth-order valence-corrected chi connectivity index (χ4v) is 3.21. The molecule has 7 heteroatoms. The van der Waals surface area contributed by atoms with Crippen LogP contribution in [-0.2, 0) is 16.6 Å². The highest BCUT2D eigenvalue weighted by Crippen LogP contribution is 2.24. The number of halogens is 2. The zero-order valence-corrected chi connectivity index (χ0v) is 12.2. The lowest BCUT2D eigenvalue weighted by Gasteiger charge is -2.02. The molecule has 0 saturated heterocycles. The summed E-state index contributed by atoms with van der Waals surface area (Å²) in [4.78, 5) is 4.16. The lowest BCUT2D eigenvalue weighted by atomic mass is 10.2. The monoisotopic (exact) mass is 324 g/mol. The Balaban J connectivity index is 1.89. The first-order valence-electron chi connectivity index (χ1n) is 6.01. The quantitative estimate of drug-likeness (QED) is 0.748. The predicted octanol–water partition coefficient (Wildman–Crippen LogP) is 3.51. The molecule has 0 radical (unpaired) electrons. The second-order valence-corrected chi connectivity index (χ2v) is 6.17. The van der Waals surface area contributed by atoms with Gasteiger partial charge in [0.2, 0.25) is 0 Å². The van der Waals surface area contributed by atoms with Crippen molar-refractivity contribution < 1.29 is 13.0 Å². The average Bonchev–Trinajstić information content (AvgIpc) is 2.85. The topological polar surface area (TPSA) is 69.1 Å². The Labute approximate surface area is 127 Å². The van der Waals surface area contributed by atoms with Gasteiger partial charge in [0.05, 0.1) is 5.75 Å². The summed E-state index contributed by atoms with van der Waals surface area (Å²) in [5.74, 6) is -0.339. The fraction of sp³-hybridized carbons (Fsp3) is 0.0714. The maximum Gasteiger partial charge on any atom is 0.288 e. The first kappa shape index (κ1) is 14.0. The van der Waals surface area contributed by atoms with Crippen molar-refractivity contribution in [3.8, 4) is 0 Å². The number of benzene rings is 2. The number of hydrogen-bond donors (Lipinski definition) is 1. The molecule has 3 rings (SSSR count). The number of nitrogens with two attached hydrogens (primary N) is 1. The van der Waals surface area contributed by atoms with E-state index in [1.165, 1.54) is 18.2 Å². The van der Waals surface area contributed by atoms with E-state index in [0.717, 1.165) is 0 Å². The van der Waals surface area contributed by atoms with Crippen molar-refractivity contribution >= 4 is 39.2 Å². The largest absolute Gasteiger partial charge is 0.430 e. The van der Waals surface area contributed by atoms with Gasteiger partial charge in [0.25, 0.3) is 5.22 Å². The molecule has 0 saturated carbocycles. The molecule has 2 N–H and O–H groups in total. The lowest BCUT2D eigenvalue weighted by Crippen LogP contribution is -1.97. The number of rotatable bonds is 3. The van der Waals surface area contributed by atoms with Crippen LogP contribution in [0.2, 0.25) is 5.02 Å². The van der Waals surface area contributed by atoms with Gasteiger partial charge in [-0.2, -0.15) is 0 Å². The Bertz CT molecular complexity index is 850. The first-order valence-corrected chi connectivity index (χ1v) is 7.71. The maximum atomic E-state index is 13.0. The zero-order valence-electron chi connectivity index (χ0n) is 10.7. The number of fused-ring (bicyclic) bond motifs is 1. The molecule has 2 aromatic carbocycles. The van der Waals surface area contributed by atoms with Gasteiger partial charge < -0.3 is 10.2 Å². The molecule has 1 atom stereocenters. The van der Waals surface area contributed by atoms with Gasteiger partial charge in [-0.15, -0.1) is 0 Å². The number of hydrogen-bond acceptors (Lipinski definition) is 4. The van der Waals surface area contributed by atoms with Crippen molar-refractivity contribution in [3.63, 3.8) is 0 Å².